The monoisotopic (exact) mass is 282 g/mol. The number of thiophene rings is 1. The van der Waals surface area contributed by atoms with Gasteiger partial charge in [0.2, 0.25) is 5.91 Å². The molecule has 0 saturated heterocycles. The Morgan fingerprint density at radius 3 is 2.63 bits per heavy atom. The van der Waals surface area contributed by atoms with Gasteiger partial charge in [-0.3, -0.25) is 4.79 Å². The summed E-state index contributed by atoms with van der Waals surface area (Å²) in [7, 11) is 3.46. The van der Waals surface area contributed by atoms with Gasteiger partial charge in [-0.2, -0.15) is 0 Å². The van der Waals surface area contributed by atoms with Gasteiger partial charge in [0.25, 0.3) is 0 Å². The molecule has 0 aliphatic carbocycles. The van der Waals surface area contributed by atoms with Gasteiger partial charge >= 0.3 is 0 Å². The normalized spacial score (nSPS) is 11.3. The number of hydrogen-bond acceptors (Lipinski definition) is 3. The molecule has 2 N–H and O–H groups in total. The Morgan fingerprint density at radius 1 is 1.37 bits per heavy atom. The highest BCUT2D eigenvalue weighted by Crippen LogP contribution is 2.14. The highest BCUT2D eigenvalue weighted by atomic mass is 32.1. The molecule has 0 aliphatic rings. The number of carbonyl (C=O) groups is 1. The third kappa shape index (κ3) is 5.74. The van der Waals surface area contributed by atoms with Crippen LogP contribution in [0.4, 0.5) is 0 Å². The minimum atomic E-state index is -0.0100. The van der Waals surface area contributed by atoms with E-state index in [-0.39, 0.29) is 12.5 Å². The molecule has 0 bridgehead atoms. The van der Waals surface area contributed by atoms with Crippen molar-refractivity contribution in [3.05, 3.63) is 21.9 Å². The smallest absolute Gasteiger partial charge is 0.243 e. The lowest BCUT2D eigenvalue weighted by Crippen LogP contribution is -2.37. The van der Waals surface area contributed by atoms with Crippen LogP contribution in [-0.4, -0.2) is 44.0 Å². The van der Waals surface area contributed by atoms with Crippen molar-refractivity contribution in [2.75, 3.05) is 27.2 Å². The van der Waals surface area contributed by atoms with Crippen LogP contribution in [0.25, 0.3) is 0 Å². The van der Waals surface area contributed by atoms with Crippen LogP contribution in [0.5, 0.6) is 0 Å². The number of likely N-dealkylation sites (N-methyl/N-ethyl adjacent to an activating group) is 1. The minimum absolute atomic E-state index is 0.0100. The van der Waals surface area contributed by atoms with Crippen LogP contribution < -0.4 is 10.6 Å². The quantitative estimate of drug-likeness (QED) is 0.630. The van der Waals surface area contributed by atoms with Crippen molar-refractivity contribution in [3.63, 3.8) is 0 Å². The largest absolute Gasteiger partial charge is 0.357 e. The third-order valence-electron chi connectivity index (χ3n) is 2.44. The first-order valence-electron chi connectivity index (χ1n) is 6.30. The van der Waals surface area contributed by atoms with Crippen LogP contribution in [0.3, 0.4) is 0 Å². The Labute approximate surface area is 118 Å². The fraction of sp³-hybridized carbons (Fsp3) is 0.538. The predicted molar refractivity (Wildman–Crippen MR) is 80.6 cm³/mol. The van der Waals surface area contributed by atoms with Crippen LogP contribution in [0.1, 0.15) is 16.7 Å². The minimum Gasteiger partial charge on any atom is -0.357 e. The molecule has 0 aromatic carbocycles. The van der Waals surface area contributed by atoms with E-state index in [0.717, 1.165) is 13.1 Å². The van der Waals surface area contributed by atoms with Gasteiger partial charge in [0.1, 0.15) is 6.54 Å². The summed E-state index contributed by atoms with van der Waals surface area (Å²) in [5.74, 6) is 0.660. The number of rotatable bonds is 5. The van der Waals surface area contributed by atoms with Gasteiger partial charge in [0.05, 0.1) is 6.54 Å². The molecule has 1 rings (SSSR count). The van der Waals surface area contributed by atoms with Crippen LogP contribution >= 0.6 is 11.3 Å². The molecular weight excluding hydrogens is 260 g/mol. The average Bonchev–Trinajstić information content (AvgIpc) is 2.78. The molecule has 1 aromatic rings. The van der Waals surface area contributed by atoms with Gasteiger partial charge in [-0.1, -0.05) is 0 Å². The van der Waals surface area contributed by atoms with Crippen molar-refractivity contribution < 1.29 is 4.79 Å². The Balaban J connectivity index is 2.52. The maximum absolute atomic E-state index is 11.5. The zero-order chi connectivity index (χ0) is 14.3. The van der Waals surface area contributed by atoms with Crippen LogP contribution in [0.2, 0.25) is 0 Å². The van der Waals surface area contributed by atoms with E-state index in [0.29, 0.717) is 5.96 Å². The molecular formula is C13H22N4OS. The van der Waals surface area contributed by atoms with Crippen molar-refractivity contribution in [3.8, 4) is 0 Å². The molecule has 0 saturated carbocycles. The number of carbonyl (C=O) groups excluding carboxylic acids is 1. The van der Waals surface area contributed by atoms with E-state index in [4.69, 9.17) is 0 Å². The summed E-state index contributed by atoms with van der Waals surface area (Å²) in [6.45, 7) is 5.74. The molecule has 0 fully saturated rings. The van der Waals surface area contributed by atoms with E-state index < -0.39 is 0 Å². The summed E-state index contributed by atoms with van der Waals surface area (Å²) < 4.78 is 0. The first kappa shape index (κ1) is 15.5. The van der Waals surface area contributed by atoms with Crippen LogP contribution in [0, 0.1) is 6.92 Å². The summed E-state index contributed by atoms with van der Waals surface area (Å²) in [5.41, 5.74) is 0. The summed E-state index contributed by atoms with van der Waals surface area (Å²) in [4.78, 5) is 19.8. The molecule has 0 aliphatic heterocycles. The number of guanidine groups is 1. The van der Waals surface area contributed by atoms with Crippen molar-refractivity contribution in [1.29, 1.82) is 0 Å². The van der Waals surface area contributed by atoms with Crippen molar-refractivity contribution in [1.82, 2.24) is 15.5 Å². The van der Waals surface area contributed by atoms with Gasteiger partial charge in [0, 0.05) is 30.4 Å². The highest BCUT2D eigenvalue weighted by molar-refractivity contribution is 7.11. The molecule has 19 heavy (non-hydrogen) atoms. The number of nitrogens with zero attached hydrogens (tertiary/aromatic N) is 2. The predicted octanol–water partition coefficient (Wildman–Crippen LogP) is 1.20. The number of nitrogens with one attached hydrogen (secondary N) is 2. The molecule has 1 amide bonds. The van der Waals surface area contributed by atoms with Gasteiger partial charge in [-0.05, 0) is 26.0 Å². The van der Waals surface area contributed by atoms with Crippen molar-refractivity contribution in [2.45, 2.75) is 20.4 Å². The second-order valence-electron chi connectivity index (χ2n) is 4.35. The molecule has 6 heteroatoms. The molecule has 0 unspecified atom stereocenters. The SMILES string of the molecule is CCNC(=NCC(=O)N(C)C)NCc1ccc(C)s1. The fourth-order valence-electron chi connectivity index (χ4n) is 1.38. The second-order valence-corrected chi connectivity index (χ2v) is 5.72. The van der Waals surface area contributed by atoms with Crippen LogP contribution in [-0.2, 0) is 11.3 Å². The molecule has 0 spiro atoms. The van der Waals surface area contributed by atoms with E-state index in [2.05, 4.69) is 34.7 Å². The van der Waals surface area contributed by atoms with Crippen molar-refractivity contribution in [2.24, 2.45) is 4.99 Å². The van der Waals surface area contributed by atoms with E-state index >= 15 is 0 Å². The molecule has 106 valence electrons. The molecule has 0 radical (unpaired) electrons. The van der Waals surface area contributed by atoms with Gasteiger partial charge in [-0.25, -0.2) is 4.99 Å². The summed E-state index contributed by atoms with van der Waals surface area (Å²) in [5, 5.41) is 6.35. The van der Waals surface area contributed by atoms with E-state index in [9.17, 15) is 4.79 Å². The standard InChI is InChI=1S/C13H22N4OS/c1-5-14-13(16-9-12(18)17(3)4)15-8-11-7-6-10(2)19-11/h6-7H,5,8-9H2,1-4H3,(H2,14,15,16). The number of hydrogen-bond donors (Lipinski definition) is 2. The fourth-order valence-corrected chi connectivity index (χ4v) is 2.21. The second kappa shape index (κ2) is 7.78. The molecule has 5 nitrogen and oxygen atoms in total. The highest BCUT2D eigenvalue weighted by Gasteiger charge is 2.04. The van der Waals surface area contributed by atoms with Gasteiger partial charge in [-0.15, -0.1) is 11.3 Å². The zero-order valence-electron chi connectivity index (χ0n) is 12.0. The van der Waals surface area contributed by atoms with E-state index in [1.807, 2.05) is 6.92 Å². The third-order valence-corrected chi connectivity index (χ3v) is 3.44. The summed E-state index contributed by atoms with van der Waals surface area (Å²) in [6.07, 6.45) is 0. The maximum Gasteiger partial charge on any atom is 0.243 e. The Bertz CT molecular complexity index is 440. The first-order valence-corrected chi connectivity index (χ1v) is 7.12. The van der Waals surface area contributed by atoms with Gasteiger partial charge < -0.3 is 15.5 Å². The topological polar surface area (TPSA) is 56.7 Å². The lowest BCUT2D eigenvalue weighted by molar-refractivity contribution is -0.127. The number of amides is 1. The Hall–Kier alpha value is -1.56. The van der Waals surface area contributed by atoms with E-state index in [1.165, 1.54) is 14.7 Å². The first-order chi connectivity index (χ1) is 9.02. The molecule has 0 atom stereocenters. The zero-order valence-corrected chi connectivity index (χ0v) is 12.8. The molecule has 1 aromatic heterocycles. The van der Waals surface area contributed by atoms with Gasteiger partial charge in [0.15, 0.2) is 5.96 Å². The number of aliphatic imine (C=N–C) groups is 1. The lowest BCUT2D eigenvalue weighted by Gasteiger charge is -2.12. The Morgan fingerprint density at radius 2 is 2.11 bits per heavy atom. The summed E-state index contributed by atoms with van der Waals surface area (Å²) >= 11 is 1.76. The van der Waals surface area contributed by atoms with E-state index in [1.54, 1.807) is 25.4 Å². The molecule has 1 heterocycles. The maximum atomic E-state index is 11.5. The summed E-state index contributed by atoms with van der Waals surface area (Å²) in [6, 6.07) is 4.20. The lowest BCUT2D eigenvalue weighted by atomic mass is 10.4. The number of aryl methyl sites for hydroxylation is 1. The Kier molecular flexibility index (Phi) is 6.35. The van der Waals surface area contributed by atoms with Crippen molar-refractivity contribution >= 4 is 23.2 Å². The average molecular weight is 282 g/mol. The van der Waals surface area contributed by atoms with Crippen LogP contribution in [0.15, 0.2) is 17.1 Å².